The van der Waals surface area contributed by atoms with Crippen molar-refractivity contribution in [2.75, 3.05) is 0 Å². The first-order valence-corrected chi connectivity index (χ1v) is 3.61. The molecule has 0 saturated heterocycles. The van der Waals surface area contributed by atoms with Crippen LogP contribution < -0.4 is 0 Å². The van der Waals surface area contributed by atoms with Crippen LogP contribution in [-0.4, -0.2) is 9.78 Å². The highest BCUT2D eigenvalue weighted by Crippen LogP contribution is 2.15. The van der Waals surface area contributed by atoms with Gasteiger partial charge in [0.25, 0.3) is 0 Å². The lowest BCUT2D eigenvalue weighted by Crippen LogP contribution is -2.24. The van der Waals surface area contributed by atoms with Crippen molar-refractivity contribution in [2.45, 2.75) is 26.3 Å². The lowest BCUT2D eigenvalue weighted by Gasteiger charge is -2.19. The predicted octanol–water partition coefficient (Wildman–Crippen LogP) is 1.65. The van der Waals surface area contributed by atoms with Crippen LogP contribution in [0.4, 0.5) is 4.39 Å². The fourth-order valence-corrected chi connectivity index (χ4v) is 0.943. The zero-order valence-electron chi connectivity index (χ0n) is 7.30. The quantitative estimate of drug-likeness (QED) is 0.589. The molecule has 0 N–H and O–H groups in total. The highest BCUT2D eigenvalue weighted by atomic mass is 19.1. The molecule has 3 nitrogen and oxygen atoms in total. The molecule has 12 heavy (non-hydrogen) atoms. The molecular weight excluding hydrogens is 157 g/mol. The second-order valence-corrected chi connectivity index (χ2v) is 3.55. The summed E-state index contributed by atoms with van der Waals surface area (Å²) in [5, 5.41) is 12.2. The van der Waals surface area contributed by atoms with Gasteiger partial charge in [0.05, 0.1) is 5.54 Å². The third kappa shape index (κ3) is 1.45. The van der Waals surface area contributed by atoms with E-state index in [4.69, 9.17) is 5.26 Å². The molecule has 4 heteroatoms. The van der Waals surface area contributed by atoms with E-state index in [2.05, 4.69) is 5.10 Å². The van der Waals surface area contributed by atoms with E-state index < -0.39 is 5.95 Å². The van der Waals surface area contributed by atoms with Crippen LogP contribution in [0.1, 0.15) is 26.5 Å². The predicted molar refractivity (Wildman–Crippen MR) is 41.9 cm³/mol. The highest BCUT2D eigenvalue weighted by molar-refractivity contribution is 5.20. The largest absolute Gasteiger partial charge is 0.247 e. The van der Waals surface area contributed by atoms with E-state index in [9.17, 15) is 4.39 Å². The number of nitriles is 1. The molecule has 0 aliphatic rings. The first-order chi connectivity index (χ1) is 5.45. The summed E-state index contributed by atoms with van der Waals surface area (Å²) in [6.45, 7) is 5.58. The number of halogens is 1. The highest BCUT2D eigenvalue weighted by Gasteiger charge is 2.19. The molecule has 1 rings (SSSR count). The standard InChI is InChI=1S/C8H10FN3/c1-8(2,3)12-6(5-10)4-7(9)11-12/h4H,1-3H3. The van der Waals surface area contributed by atoms with Crippen molar-refractivity contribution < 1.29 is 4.39 Å². The van der Waals surface area contributed by atoms with Gasteiger partial charge in [-0.1, -0.05) is 0 Å². The normalized spacial score (nSPS) is 11.2. The Morgan fingerprint density at radius 2 is 2.17 bits per heavy atom. The van der Waals surface area contributed by atoms with Gasteiger partial charge in [-0.05, 0) is 20.8 Å². The zero-order valence-corrected chi connectivity index (χ0v) is 7.30. The molecule has 0 aliphatic heterocycles. The Morgan fingerprint density at radius 3 is 2.50 bits per heavy atom. The third-order valence-corrected chi connectivity index (χ3v) is 1.43. The Kier molecular flexibility index (Phi) is 1.89. The van der Waals surface area contributed by atoms with Crippen molar-refractivity contribution in [2.24, 2.45) is 0 Å². The molecule has 0 bridgehead atoms. The first-order valence-electron chi connectivity index (χ1n) is 3.61. The number of hydrogen-bond acceptors (Lipinski definition) is 2. The smallest absolute Gasteiger partial charge is 0.234 e. The van der Waals surface area contributed by atoms with E-state index in [-0.39, 0.29) is 11.2 Å². The summed E-state index contributed by atoms with van der Waals surface area (Å²) in [6, 6.07) is 3.01. The van der Waals surface area contributed by atoms with Gasteiger partial charge in [0.15, 0.2) is 0 Å². The topological polar surface area (TPSA) is 41.6 Å². The minimum atomic E-state index is -0.610. The van der Waals surface area contributed by atoms with Crippen molar-refractivity contribution in [1.82, 2.24) is 9.78 Å². The third-order valence-electron chi connectivity index (χ3n) is 1.43. The molecule has 0 unspecified atom stereocenters. The monoisotopic (exact) mass is 167 g/mol. The van der Waals surface area contributed by atoms with Crippen LogP contribution in [0.3, 0.4) is 0 Å². The molecule has 0 aliphatic carbocycles. The van der Waals surface area contributed by atoms with Crippen LogP contribution in [0.2, 0.25) is 0 Å². The molecule has 0 fully saturated rings. The van der Waals surface area contributed by atoms with Crippen molar-refractivity contribution in [3.05, 3.63) is 17.7 Å². The number of hydrogen-bond donors (Lipinski definition) is 0. The molecule has 1 aromatic rings. The van der Waals surface area contributed by atoms with Crippen LogP contribution in [0.15, 0.2) is 6.07 Å². The number of aromatic nitrogens is 2. The summed E-state index contributed by atoms with van der Waals surface area (Å²) < 4.78 is 14.0. The van der Waals surface area contributed by atoms with Gasteiger partial charge in [-0.25, -0.2) is 4.68 Å². The van der Waals surface area contributed by atoms with Crippen molar-refractivity contribution in [1.29, 1.82) is 5.26 Å². The Bertz CT molecular complexity index is 327. The van der Waals surface area contributed by atoms with E-state index in [1.165, 1.54) is 4.68 Å². The number of nitrogens with zero attached hydrogens (tertiary/aromatic N) is 3. The van der Waals surface area contributed by atoms with Gasteiger partial charge in [0.1, 0.15) is 11.8 Å². The molecule has 64 valence electrons. The zero-order chi connectivity index (χ0) is 9.35. The molecular formula is C8H10FN3. The van der Waals surface area contributed by atoms with Crippen molar-refractivity contribution in [3.63, 3.8) is 0 Å². The van der Waals surface area contributed by atoms with Crippen LogP contribution in [-0.2, 0) is 5.54 Å². The maximum Gasteiger partial charge on any atom is 0.234 e. The van der Waals surface area contributed by atoms with E-state index in [1.807, 2.05) is 26.8 Å². The lowest BCUT2D eigenvalue weighted by molar-refractivity contribution is 0.339. The second-order valence-electron chi connectivity index (χ2n) is 3.55. The van der Waals surface area contributed by atoms with E-state index in [1.54, 1.807) is 0 Å². The summed E-state index contributed by atoms with van der Waals surface area (Å²) >= 11 is 0. The van der Waals surface area contributed by atoms with E-state index >= 15 is 0 Å². The molecule has 0 spiro atoms. The Hall–Kier alpha value is -1.37. The van der Waals surface area contributed by atoms with Crippen molar-refractivity contribution in [3.8, 4) is 6.07 Å². The minimum absolute atomic E-state index is 0.250. The van der Waals surface area contributed by atoms with Crippen LogP contribution in [0.25, 0.3) is 0 Å². The van der Waals surface area contributed by atoms with Gasteiger partial charge in [-0.15, -0.1) is 5.10 Å². The summed E-state index contributed by atoms with van der Waals surface area (Å²) in [6.07, 6.45) is 0. The van der Waals surface area contributed by atoms with Gasteiger partial charge in [0.2, 0.25) is 5.95 Å². The summed E-state index contributed by atoms with van der Waals surface area (Å²) in [4.78, 5) is 0. The van der Waals surface area contributed by atoms with Gasteiger partial charge < -0.3 is 0 Å². The van der Waals surface area contributed by atoms with E-state index in [0.29, 0.717) is 0 Å². The fraction of sp³-hybridized carbons (Fsp3) is 0.500. The first kappa shape index (κ1) is 8.72. The van der Waals surface area contributed by atoms with Gasteiger partial charge >= 0.3 is 0 Å². The number of rotatable bonds is 0. The van der Waals surface area contributed by atoms with Crippen molar-refractivity contribution >= 4 is 0 Å². The summed E-state index contributed by atoms with van der Waals surface area (Å²) in [7, 11) is 0. The SMILES string of the molecule is CC(C)(C)n1nc(F)cc1C#N. The van der Waals surface area contributed by atoms with Gasteiger partial charge in [0, 0.05) is 6.07 Å². The Labute approximate surface area is 70.4 Å². The minimum Gasteiger partial charge on any atom is -0.247 e. The molecule has 1 heterocycles. The van der Waals surface area contributed by atoms with Gasteiger partial charge in [-0.3, -0.25) is 0 Å². The average molecular weight is 167 g/mol. The molecule has 0 amide bonds. The molecule has 0 aromatic carbocycles. The maximum absolute atomic E-state index is 12.6. The van der Waals surface area contributed by atoms with Crippen LogP contribution >= 0.6 is 0 Å². The maximum atomic E-state index is 12.6. The average Bonchev–Trinajstić information content (AvgIpc) is 2.29. The van der Waals surface area contributed by atoms with Crippen LogP contribution in [0.5, 0.6) is 0 Å². The summed E-state index contributed by atoms with van der Waals surface area (Å²) in [5.74, 6) is -0.610. The van der Waals surface area contributed by atoms with Crippen LogP contribution in [0, 0.1) is 17.3 Å². The second kappa shape index (κ2) is 2.59. The molecule has 0 saturated carbocycles. The summed E-state index contributed by atoms with van der Waals surface area (Å²) in [5.41, 5.74) is -0.102. The van der Waals surface area contributed by atoms with E-state index in [0.717, 1.165) is 6.07 Å². The molecule has 1 aromatic heterocycles. The lowest BCUT2D eigenvalue weighted by atomic mass is 10.1. The fourth-order valence-electron chi connectivity index (χ4n) is 0.943. The molecule has 0 radical (unpaired) electrons. The van der Waals surface area contributed by atoms with Gasteiger partial charge in [-0.2, -0.15) is 9.65 Å². The Morgan fingerprint density at radius 1 is 1.58 bits per heavy atom. The molecule has 0 atom stereocenters. The Balaban J connectivity index is 3.25.